The average Bonchev–Trinajstić information content (AvgIpc) is 2.72. The SMILES string of the molecule is Cc1ccccc1C(=O)NNC(=O)COc1ccc(-c2ccccc2)cc1. The first-order valence-electron chi connectivity index (χ1n) is 8.56. The van der Waals surface area contributed by atoms with E-state index in [-0.39, 0.29) is 12.5 Å². The highest BCUT2D eigenvalue weighted by Gasteiger charge is 2.09. The molecule has 3 rings (SSSR count). The van der Waals surface area contributed by atoms with Crippen LogP contribution in [0.2, 0.25) is 0 Å². The van der Waals surface area contributed by atoms with Gasteiger partial charge in [0, 0.05) is 5.56 Å². The van der Waals surface area contributed by atoms with Crippen LogP contribution in [0.15, 0.2) is 78.9 Å². The summed E-state index contributed by atoms with van der Waals surface area (Å²) in [5, 5.41) is 0. The number of hydrogen-bond acceptors (Lipinski definition) is 3. The summed E-state index contributed by atoms with van der Waals surface area (Å²) in [5.41, 5.74) is 8.26. The first kappa shape index (κ1) is 18.2. The minimum absolute atomic E-state index is 0.196. The van der Waals surface area contributed by atoms with Gasteiger partial charge in [0.15, 0.2) is 6.61 Å². The Morgan fingerprint density at radius 1 is 0.778 bits per heavy atom. The molecule has 0 aromatic heterocycles. The predicted octanol–water partition coefficient (Wildman–Crippen LogP) is 3.50. The molecule has 27 heavy (non-hydrogen) atoms. The Bertz CT molecular complexity index is 922. The first-order chi connectivity index (χ1) is 13.1. The van der Waals surface area contributed by atoms with E-state index in [2.05, 4.69) is 10.9 Å². The van der Waals surface area contributed by atoms with Gasteiger partial charge in [-0.25, -0.2) is 0 Å². The van der Waals surface area contributed by atoms with Crippen LogP contribution in [0.1, 0.15) is 15.9 Å². The van der Waals surface area contributed by atoms with Gasteiger partial charge in [-0.3, -0.25) is 20.4 Å². The molecule has 0 unspecified atom stereocenters. The predicted molar refractivity (Wildman–Crippen MR) is 104 cm³/mol. The van der Waals surface area contributed by atoms with E-state index in [4.69, 9.17) is 4.74 Å². The van der Waals surface area contributed by atoms with Crippen LogP contribution in [0.5, 0.6) is 5.75 Å². The van der Waals surface area contributed by atoms with Crippen molar-refractivity contribution in [2.75, 3.05) is 6.61 Å². The Kier molecular flexibility index (Phi) is 5.84. The molecule has 3 aromatic rings. The molecule has 136 valence electrons. The Morgan fingerprint density at radius 2 is 1.41 bits per heavy atom. The topological polar surface area (TPSA) is 67.4 Å². The average molecular weight is 360 g/mol. The third-order valence-electron chi connectivity index (χ3n) is 4.04. The van der Waals surface area contributed by atoms with Crippen LogP contribution in [-0.4, -0.2) is 18.4 Å². The fraction of sp³-hybridized carbons (Fsp3) is 0.0909. The normalized spacial score (nSPS) is 10.1. The van der Waals surface area contributed by atoms with E-state index in [0.29, 0.717) is 11.3 Å². The Balaban J connectivity index is 1.48. The quantitative estimate of drug-likeness (QED) is 0.684. The minimum atomic E-state index is -0.441. The second kappa shape index (κ2) is 8.67. The second-order valence-corrected chi connectivity index (χ2v) is 6.00. The van der Waals surface area contributed by atoms with Crippen LogP contribution >= 0.6 is 0 Å². The lowest BCUT2D eigenvalue weighted by Crippen LogP contribution is -2.44. The van der Waals surface area contributed by atoms with E-state index in [0.717, 1.165) is 16.7 Å². The molecule has 0 spiro atoms. The van der Waals surface area contributed by atoms with Crippen molar-refractivity contribution in [1.82, 2.24) is 10.9 Å². The van der Waals surface area contributed by atoms with Crippen molar-refractivity contribution in [3.8, 4) is 16.9 Å². The molecule has 3 aromatic carbocycles. The maximum Gasteiger partial charge on any atom is 0.276 e. The van der Waals surface area contributed by atoms with Crippen LogP contribution < -0.4 is 15.6 Å². The van der Waals surface area contributed by atoms with E-state index >= 15 is 0 Å². The summed E-state index contributed by atoms with van der Waals surface area (Å²) in [6, 6.07) is 24.6. The third-order valence-corrected chi connectivity index (χ3v) is 4.04. The standard InChI is InChI=1S/C22H20N2O3/c1-16-7-5-6-10-20(16)22(26)24-23-21(25)15-27-19-13-11-18(12-14-19)17-8-3-2-4-9-17/h2-14H,15H2,1H3,(H,23,25)(H,24,26). The number of rotatable bonds is 5. The molecule has 5 nitrogen and oxygen atoms in total. The van der Waals surface area contributed by atoms with Crippen molar-refractivity contribution < 1.29 is 14.3 Å². The zero-order chi connectivity index (χ0) is 19.1. The Labute approximate surface area is 158 Å². The van der Waals surface area contributed by atoms with Gasteiger partial charge < -0.3 is 4.74 Å². The van der Waals surface area contributed by atoms with Crippen molar-refractivity contribution in [2.45, 2.75) is 6.92 Å². The molecule has 0 atom stereocenters. The molecule has 0 saturated heterocycles. The number of aryl methyl sites for hydroxylation is 1. The van der Waals surface area contributed by atoms with Gasteiger partial charge >= 0.3 is 0 Å². The highest BCUT2D eigenvalue weighted by molar-refractivity contribution is 5.96. The Hall–Kier alpha value is -3.60. The smallest absolute Gasteiger partial charge is 0.276 e. The van der Waals surface area contributed by atoms with E-state index < -0.39 is 5.91 Å². The molecule has 2 N–H and O–H groups in total. The molecule has 5 heteroatoms. The van der Waals surface area contributed by atoms with Crippen LogP contribution in [0.25, 0.3) is 11.1 Å². The molecule has 0 aliphatic rings. The lowest BCUT2D eigenvalue weighted by molar-refractivity contribution is -0.123. The Morgan fingerprint density at radius 3 is 2.11 bits per heavy atom. The fourth-order valence-electron chi connectivity index (χ4n) is 2.58. The number of amides is 2. The maximum absolute atomic E-state index is 12.0. The van der Waals surface area contributed by atoms with Crippen LogP contribution in [-0.2, 0) is 4.79 Å². The highest BCUT2D eigenvalue weighted by atomic mass is 16.5. The van der Waals surface area contributed by atoms with Crippen LogP contribution in [0.3, 0.4) is 0 Å². The monoisotopic (exact) mass is 360 g/mol. The summed E-state index contributed by atoms with van der Waals surface area (Å²) in [6.45, 7) is 1.64. The first-order valence-corrected chi connectivity index (χ1v) is 8.56. The van der Waals surface area contributed by atoms with Crippen molar-refractivity contribution in [3.63, 3.8) is 0 Å². The van der Waals surface area contributed by atoms with E-state index in [1.807, 2.05) is 73.7 Å². The molecule has 0 bridgehead atoms. The molecule has 2 amide bonds. The third kappa shape index (κ3) is 4.95. The van der Waals surface area contributed by atoms with Gasteiger partial charge in [0.2, 0.25) is 0 Å². The second-order valence-electron chi connectivity index (χ2n) is 6.00. The number of carbonyl (C=O) groups excluding carboxylic acids is 2. The lowest BCUT2D eigenvalue weighted by Gasteiger charge is -2.10. The summed E-state index contributed by atoms with van der Waals surface area (Å²) in [7, 11) is 0. The van der Waals surface area contributed by atoms with Gasteiger partial charge in [0.05, 0.1) is 0 Å². The van der Waals surface area contributed by atoms with Crippen molar-refractivity contribution in [2.24, 2.45) is 0 Å². The zero-order valence-electron chi connectivity index (χ0n) is 14.9. The number of hydrogen-bond donors (Lipinski definition) is 2. The molecule has 0 fully saturated rings. The number of carbonyl (C=O) groups is 2. The summed E-state index contributed by atoms with van der Waals surface area (Å²) >= 11 is 0. The van der Waals surface area contributed by atoms with E-state index in [1.54, 1.807) is 12.1 Å². The van der Waals surface area contributed by atoms with Gasteiger partial charge in [0.25, 0.3) is 11.8 Å². The lowest BCUT2D eigenvalue weighted by atomic mass is 10.1. The van der Waals surface area contributed by atoms with Gasteiger partial charge in [-0.15, -0.1) is 0 Å². The molecule has 0 aliphatic carbocycles. The summed E-state index contributed by atoms with van der Waals surface area (Å²) in [5.74, 6) is -0.229. The number of nitrogens with one attached hydrogen (secondary N) is 2. The molecule has 0 heterocycles. The van der Waals surface area contributed by atoms with Gasteiger partial charge in [0.1, 0.15) is 5.75 Å². The fourth-order valence-corrected chi connectivity index (χ4v) is 2.58. The number of benzene rings is 3. The van der Waals surface area contributed by atoms with Crippen molar-refractivity contribution in [3.05, 3.63) is 90.0 Å². The zero-order valence-corrected chi connectivity index (χ0v) is 14.9. The molecule has 0 radical (unpaired) electrons. The van der Waals surface area contributed by atoms with Crippen LogP contribution in [0.4, 0.5) is 0 Å². The van der Waals surface area contributed by atoms with Crippen molar-refractivity contribution in [1.29, 1.82) is 0 Å². The molecule has 0 saturated carbocycles. The van der Waals surface area contributed by atoms with Gasteiger partial charge in [-0.2, -0.15) is 0 Å². The van der Waals surface area contributed by atoms with E-state index in [9.17, 15) is 9.59 Å². The maximum atomic E-state index is 12.0. The van der Waals surface area contributed by atoms with Gasteiger partial charge in [-0.1, -0.05) is 60.7 Å². The van der Waals surface area contributed by atoms with Crippen molar-refractivity contribution >= 4 is 11.8 Å². The highest BCUT2D eigenvalue weighted by Crippen LogP contribution is 2.21. The number of ether oxygens (including phenoxy) is 1. The summed E-state index contributed by atoms with van der Waals surface area (Å²) in [4.78, 5) is 23.9. The largest absolute Gasteiger partial charge is 0.484 e. The van der Waals surface area contributed by atoms with Gasteiger partial charge in [-0.05, 0) is 41.8 Å². The van der Waals surface area contributed by atoms with Crippen LogP contribution in [0, 0.1) is 6.92 Å². The van der Waals surface area contributed by atoms with E-state index in [1.165, 1.54) is 0 Å². The molecule has 0 aliphatic heterocycles. The summed E-state index contributed by atoms with van der Waals surface area (Å²) < 4.78 is 5.46. The molecular formula is C22H20N2O3. The molecular weight excluding hydrogens is 340 g/mol. The minimum Gasteiger partial charge on any atom is -0.484 e. The summed E-state index contributed by atoms with van der Waals surface area (Å²) in [6.07, 6.45) is 0. The number of hydrazine groups is 1.